The molecule has 4 nitrogen and oxygen atoms in total. The molecular formula is C21H30N2O2. The normalized spacial score (nSPS) is 15.5. The lowest BCUT2D eigenvalue weighted by Gasteiger charge is -2.27. The minimum atomic E-state index is -0.964. The number of aromatic nitrogens is 2. The third-order valence-electron chi connectivity index (χ3n) is 4.59. The van der Waals surface area contributed by atoms with E-state index in [2.05, 4.69) is 32.7 Å². The highest BCUT2D eigenvalue weighted by atomic mass is 16.5. The van der Waals surface area contributed by atoms with Crippen molar-refractivity contribution < 1.29 is 9.84 Å². The molecule has 0 aliphatic rings. The molecule has 4 heteroatoms. The average Bonchev–Trinajstić information content (AvgIpc) is 2.59. The molecular weight excluding hydrogens is 312 g/mol. The van der Waals surface area contributed by atoms with Crippen LogP contribution in [0.25, 0.3) is 0 Å². The molecule has 2 aromatic heterocycles. The molecule has 2 rings (SSSR count). The van der Waals surface area contributed by atoms with Gasteiger partial charge in [0.2, 0.25) is 5.88 Å². The number of hydrogen-bond acceptors (Lipinski definition) is 4. The molecule has 0 bridgehead atoms. The Morgan fingerprint density at radius 1 is 1.00 bits per heavy atom. The fourth-order valence-electron chi connectivity index (χ4n) is 2.74. The lowest BCUT2D eigenvalue weighted by atomic mass is 9.88. The Labute approximate surface area is 151 Å². The van der Waals surface area contributed by atoms with Crippen LogP contribution >= 0.6 is 0 Å². The number of nitrogens with zero attached hydrogens (tertiary/aromatic N) is 2. The van der Waals surface area contributed by atoms with Gasteiger partial charge in [0.05, 0.1) is 12.8 Å². The predicted molar refractivity (Wildman–Crippen MR) is 101 cm³/mol. The van der Waals surface area contributed by atoms with Crippen molar-refractivity contribution in [1.82, 2.24) is 9.97 Å². The van der Waals surface area contributed by atoms with E-state index < -0.39 is 5.60 Å². The summed E-state index contributed by atoms with van der Waals surface area (Å²) in [5.41, 5.74) is 1.70. The summed E-state index contributed by atoms with van der Waals surface area (Å²) in [6, 6.07) is 11.7. The first-order chi connectivity index (χ1) is 11.6. The Kier molecular flexibility index (Phi) is 5.83. The highest BCUT2D eigenvalue weighted by Crippen LogP contribution is 2.31. The molecule has 0 spiro atoms. The van der Waals surface area contributed by atoms with E-state index in [1.54, 1.807) is 7.11 Å². The van der Waals surface area contributed by atoms with Crippen LogP contribution in [0.4, 0.5) is 0 Å². The summed E-state index contributed by atoms with van der Waals surface area (Å²) in [4.78, 5) is 9.20. The summed E-state index contributed by atoms with van der Waals surface area (Å²) >= 11 is 0. The van der Waals surface area contributed by atoms with Crippen LogP contribution in [0.1, 0.15) is 70.5 Å². The van der Waals surface area contributed by atoms with Crippen LogP contribution in [0.5, 0.6) is 5.88 Å². The van der Waals surface area contributed by atoms with Gasteiger partial charge in [-0.1, -0.05) is 39.8 Å². The van der Waals surface area contributed by atoms with Crippen LogP contribution < -0.4 is 4.74 Å². The van der Waals surface area contributed by atoms with Crippen molar-refractivity contribution in [2.24, 2.45) is 0 Å². The third-order valence-corrected chi connectivity index (χ3v) is 4.59. The summed E-state index contributed by atoms with van der Waals surface area (Å²) in [5.74, 6) is 0.850. The van der Waals surface area contributed by atoms with Gasteiger partial charge in [-0.05, 0) is 43.9 Å². The highest BCUT2D eigenvalue weighted by Gasteiger charge is 2.27. The SMILES string of the molecule is COc1cccc(C(C)CCC(C)(O)c2cccc(C(C)(C)C)n2)n1. The second kappa shape index (κ2) is 7.52. The lowest BCUT2D eigenvalue weighted by Crippen LogP contribution is -2.25. The molecule has 2 atom stereocenters. The lowest BCUT2D eigenvalue weighted by molar-refractivity contribution is 0.0390. The topological polar surface area (TPSA) is 55.2 Å². The number of ether oxygens (including phenoxy) is 1. The molecule has 0 fully saturated rings. The van der Waals surface area contributed by atoms with Crippen LogP contribution in [-0.2, 0) is 11.0 Å². The fraction of sp³-hybridized carbons (Fsp3) is 0.524. The predicted octanol–water partition coefficient (Wildman–Crippen LogP) is 4.57. The zero-order valence-electron chi connectivity index (χ0n) is 16.2. The van der Waals surface area contributed by atoms with Crippen LogP contribution in [0.2, 0.25) is 0 Å². The molecule has 0 aromatic carbocycles. The van der Waals surface area contributed by atoms with Gasteiger partial charge >= 0.3 is 0 Å². The van der Waals surface area contributed by atoms with Gasteiger partial charge in [0.1, 0.15) is 5.60 Å². The number of pyridine rings is 2. The largest absolute Gasteiger partial charge is 0.481 e. The number of hydrogen-bond donors (Lipinski definition) is 1. The molecule has 2 aromatic rings. The van der Waals surface area contributed by atoms with Crippen molar-refractivity contribution in [3.63, 3.8) is 0 Å². The van der Waals surface area contributed by atoms with Crippen LogP contribution in [0, 0.1) is 0 Å². The van der Waals surface area contributed by atoms with Gasteiger partial charge in [0, 0.05) is 22.9 Å². The Morgan fingerprint density at radius 3 is 2.28 bits per heavy atom. The summed E-state index contributed by atoms with van der Waals surface area (Å²) in [7, 11) is 1.62. The Hall–Kier alpha value is -1.94. The maximum absolute atomic E-state index is 11.0. The molecule has 0 radical (unpaired) electrons. The summed E-state index contributed by atoms with van der Waals surface area (Å²) in [6.45, 7) is 10.4. The van der Waals surface area contributed by atoms with Gasteiger partial charge in [-0.2, -0.15) is 0 Å². The second-order valence-electron chi connectivity index (χ2n) is 7.98. The van der Waals surface area contributed by atoms with Crippen molar-refractivity contribution in [3.05, 3.63) is 53.5 Å². The van der Waals surface area contributed by atoms with Crippen LogP contribution in [-0.4, -0.2) is 22.2 Å². The molecule has 0 saturated heterocycles. The van der Waals surface area contributed by atoms with Crippen LogP contribution in [0.3, 0.4) is 0 Å². The van der Waals surface area contributed by atoms with Gasteiger partial charge in [0.25, 0.3) is 0 Å². The van der Waals surface area contributed by atoms with E-state index in [0.29, 0.717) is 12.3 Å². The van der Waals surface area contributed by atoms with E-state index >= 15 is 0 Å². The van der Waals surface area contributed by atoms with Gasteiger partial charge in [-0.25, -0.2) is 4.98 Å². The van der Waals surface area contributed by atoms with Gasteiger partial charge in [-0.15, -0.1) is 0 Å². The van der Waals surface area contributed by atoms with Crippen molar-refractivity contribution in [3.8, 4) is 5.88 Å². The monoisotopic (exact) mass is 342 g/mol. The quantitative estimate of drug-likeness (QED) is 0.835. The van der Waals surface area contributed by atoms with Gasteiger partial charge in [0.15, 0.2) is 0 Å². The van der Waals surface area contributed by atoms with Crippen molar-refractivity contribution >= 4 is 0 Å². The zero-order valence-corrected chi connectivity index (χ0v) is 16.2. The molecule has 0 saturated carbocycles. The Morgan fingerprint density at radius 2 is 1.64 bits per heavy atom. The fourth-order valence-corrected chi connectivity index (χ4v) is 2.74. The first kappa shape index (κ1) is 19.4. The third kappa shape index (κ3) is 5.02. The number of aliphatic hydroxyl groups is 1. The molecule has 25 heavy (non-hydrogen) atoms. The van der Waals surface area contributed by atoms with E-state index in [-0.39, 0.29) is 11.3 Å². The highest BCUT2D eigenvalue weighted by molar-refractivity contribution is 5.22. The molecule has 2 unspecified atom stereocenters. The Bertz CT molecular complexity index is 705. The first-order valence-electron chi connectivity index (χ1n) is 8.85. The van der Waals surface area contributed by atoms with Crippen LogP contribution in [0.15, 0.2) is 36.4 Å². The van der Waals surface area contributed by atoms with E-state index in [1.165, 1.54) is 0 Å². The molecule has 136 valence electrons. The molecule has 2 heterocycles. The molecule has 0 aliphatic carbocycles. The second-order valence-corrected chi connectivity index (χ2v) is 7.98. The molecule has 1 N–H and O–H groups in total. The maximum Gasteiger partial charge on any atom is 0.213 e. The number of methoxy groups -OCH3 is 1. The van der Waals surface area contributed by atoms with E-state index in [9.17, 15) is 5.11 Å². The average molecular weight is 342 g/mol. The van der Waals surface area contributed by atoms with E-state index in [0.717, 1.165) is 23.5 Å². The summed E-state index contributed by atoms with van der Waals surface area (Å²) in [5, 5.41) is 11.0. The van der Waals surface area contributed by atoms with Crippen molar-refractivity contribution in [2.45, 2.75) is 64.4 Å². The van der Waals surface area contributed by atoms with Gasteiger partial charge in [-0.3, -0.25) is 4.98 Å². The minimum Gasteiger partial charge on any atom is -0.481 e. The molecule has 0 amide bonds. The minimum absolute atomic E-state index is 0.0378. The smallest absolute Gasteiger partial charge is 0.213 e. The summed E-state index contributed by atoms with van der Waals surface area (Å²) in [6.07, 6.45) is 1.43. The zero-order chi connectivity index (χ0) is 18.7. The Balaban J connectivity index is 2.10. The van der Waals surface area contributed by atoms with E-state index in [4.69, 9.17) is 9.72 Å². The van der Waals surface area contributed by atoms with Crippen molar-refractivity contribution in [1.29, 1.82) is 0 Å². The van der Waals surface area contributed by atoms with E-state index in [1.807, 2.05) is 43.3 Å². The molecule has 0 aliphatic heterocycles. The standard InChI is InChI=1S/C21H30N2O2/c1-15(16-9-7-12-19(22-16)25-6)13-14-21(5,24)18-11-8-10-17(23-18)20(2,3)4/h7-12,15,24H,13-14H2,1-6H3. The maximum atomic E-state index is 11.0. The first-order valence-corrected chi connectivity index (χ1v) is 8.85. The van der Waals surface area contributed by atoms with Gasteiger partial charge < -0.3 is 9.84 Å². The number of rotatable bonds is 6. The van der Waals surface area contributed by atoms with Crippen molar-refractivity contribution in [2.75, 3.05) is 7.11 Å². The summed E-state index contributed by atoms with van der Waals surface area (Å²) < 4.78 is 5.19.